The van der Waals surface area contributed by atoms with Crippen LogP contribution in [-0.4, -0.2) is 28.3 Å². The highest BCUT2D eigenvalue weighted by atomic mass is 16.1. The van der Waals surface area contributed by atoms with E-state index in [1.165, 1.54) is 0 Å². The lowest BCUT2D eigenvalue weighted by Gasteiger charge is -2.19. The third-order valence-electron chi connectivity index (χ3n) is 3.81. The predicted molar refractivity (Wildman–Crippen MR) is 74.9 cm³/mol. The molecule has 2 rings (SSSR count). The van der Waals surface area contributed by atoms with Crippen LogP contribution in [0.3, 0.4) is 0 Å². The quantitative estimate of drug-likeness (QED) is 0.869. The Morgan fingerprint density at radius 3 is 2.84 bits per heavy atom. The zero-order valence-corrected chi connectivity index (χ0v) is 12.0. The Morgan fingerprint density at radius 2 is 2.26 bits per heavy atom. The molecule has 5 heteroatoms. The summed E-state index contributed by atoms with van der Waals surface area (Å²) in [6.45, 7) is 6.82. The largest absolute Gasteiger partial charge is 0.349 e. The van der Waals surface area contributed by atoms with E-state index in [1.807, 2.05) is 10.9 Å². The predicted octanol–water partition coefficient (Wildman–Crippen LogP) is 1.50. The van der Waals surface area contributed by atoms with Gasteiger partial charge >= 0.3 is 0 Å². The fourth-order valence-corrected chi connectivity index (χ4v) is 2.57. The number of hydrogen-bond acceptors (Lipinski definition) is 3. The topological polar surface area (TPSA) is 72.9 Å². The lowest BCUT2D eigenvalue weighted by Crippen LogP contribution is -2.39. The number of carbonyl (C=O) groups excluding carboxylic acids is 1. The molecule has 1 aromatic rings. The van der Waals surface area contributed by atoms with Gasteiger partial charge in [-0.2, -0.15) is 5.10 Å². The van der Waals surface area contributed by atoms with Crippen molar-refractivity contribution >= 4 is 5.91 Å². The normalized spacial score (nSPS) is 23.6. The van der Waals surface area contributed by atoms with Gasteiger partial charge in [0.1, 0.15) is 0 Å². The first kappa shape index (κ1) is 14.1. The Labute approximate surface area is 114 Å². The van der Waals surface area contributed by atoms with Crippen LogP contribution in [0.5, 0.6) is 0 Å². The summed E-state index contributed by atoms with van der Waals surface area (Å²) < 4.78 is 1.82. The summed E-state index contributed by atoms with van der Waals surface area (Å²) in [5.74, 6) is 0.377. The van der Waals surface area contributed by atoms with Crippen LogP contribution in [0, 0.1) is 5.92 Å². The Balaban J connectivity index is 2.02. The number of nitrogens with one attached hydrogen (secondary N) is 1. The Bertz CT molecular complexity index is 447. The number of aromatic nitrogens is 2. The molecular weight excluding hydrogens is 240 g/mol. The summed E-state index contributed by atoms with van der Waals surface area (Å²) in [7, 11) is 0. The van der Waals surface area contributed by atoms with Gasteiger partial charge in [-0.3, -0.25) is 9.48 Å². The number of amides is 1. The molecule has 1 heterocycles. The highest BCUT2D eigenvalue weighted by Gasteiger charge is 2.28. The second-order valence-electron chi connectivity index (χ2n) is 6.35. The number of nitrogens with two attached hydrogens (primary N) is 1. The summed E-state index contributed by atoms with van der Waals surface area (Å²) in [6.07, 6.45) is 6.73. The van der Waals surface area contributed by atoms with E-state index in [1.54, 1.807) is 6.20 Å². The minimum Gasteiger partial charge on any atom is -0.349 e. The van der Waals surface area contributed by atoms with Gasteiger partial charge in [0.25, 0.3) is 5.91 Å². The minimum absolute atomic E-state index is 0.0409. The van der Waals surface area contributed by atoms with Crippen LogP contribution in [0.2, 0.25) is 0 Å². The SMILES string of the molecule is CC(C)(C)n1cc(C(=O)NC2CCCC2CN)cn1. The van der Waals surface area contributed by atoms with Crippen LogP contribution in [0.1, 0.15) is 50.4 Å². The van der Waals surface area contributed by atoms with Crippen LogP contribution in [0.15, 0.2) is 12.4 Å². The fourth-order valence-electron chi connectivity index (χ4n) is 2.57. The van der Waals surface area contributed by atoms with E-state index in [0.717, 1.165) is 19.3 Å². The standard InChI is InChI=1S/C14H24N4O/c1-14(2,3)18-9-11(8-16-18)13(19)17-12-6-4-5-10(12)7-15/h8-10,12H,4-7,15H2,1-3H3,(H,17,19). The van der Waals surface area contributed by atoms with Gasteiger partial charge in [0, 0.05) is 12.2 Å². The number of carbonyl (C=O) groups is 1. The van der Waals surface area contributed by atoms with Crippen molar-refractivity contribution in [2.75, 3.05) is 6.54 Å². The molecule has 106 valence electrons. The third kappa shape index (κ3) is 3.15. The molecule has 1 amide bonds. The van der Waals surface area contributed by atoms with Gasteiger partial charge in [0.15, 0.2) is 0 Å². The summed E-state index contributed by atoms with van der Waals surface area (Å²) in [4.78, 5) is 12.2. The first-order chi connectivity index (χ1) is 8.91. The monoisotopic (exact) mass is 264 g/mol. The van der Waals surface area contributed by atoms with Crippen molar-refractivity contribution in [3.05, 3.63) is 18.0 Å². The molecule has 1 saturated carbocycles. The maximum absolute atomic E-state index is 12.2. The van der Waals surface area contributed by atoms with Crippen molar-refractivity contribution < 1.29 is 4.79 Å². The molecule has 1 aliphatic rings. The lowest BCUT2D eigenvalue weighted by molar-refractivity contribution is 0.0928. The second kappa shape index (κ2) is 5.33. The first-order valence-corrected chi connectivity index (χ1v) is 6.98. The van der Waals surface area contributed by atoms with Gasteiger partial charge in [0.05, 0.1) is 17.3 Å². The molecule has 0 aliphatic heterocycles. The van der Waals surface area contributed by atoms with Crippen molar-refractivity contribution in [1.82, 2.24) is 15.1 Å². The summed E-state index contributed by atoms with van der Waals surface area (Å²) in [6, 6.07) is 0.218. The molecule has 0 radical (unpaired) electrons. The molecule has 3 N–H and O–H groups in total. The van der Waals surface area contributed by atoms with Crippen molar-refractivity contribution in [3.8, 4) is 0 Å². The molecule has 19 heavy (non-hydrogen) atoms. The summed E-state index contributed by atoms with van der Waals surface area (Å²) in [5.41, 5.74) is 6.25. The van der Waals surface area contributed by atoms with Gasteiger partial charge in [-0.1, -0.05) is 6.42 Å². The second-order valence-corrected chi connectivity index (χ2v) is 6.35. The van der Waals surface area contributed by atoms with Crippen LogP contribution < -0.4 is 11.1 Å². The van der Waals surface area contributed by atoms with Gasteiger partial charge in [0.2, 0.25) is 0 Å². The highest BCUT2D eigenvalue weighted by Crippen LogP contribution is 2.25. The Hall–Kier alpha value is -1.36. The molecule has 0 aromatic carbocycles. The highest BCUT2D eigenvalue weighted by molar-refractivity contribution is 5.93. The van der Waals surface area contributed by atoms with E-state index in [2.05, 4.69) is 31.2 Å². The van der Waals surface area contributed by atoms with Crippen LogP contribution in [0.4, 0.5) is 0 Å². The van der Waals surface area contributed by atoms with Crippen molar-refractivity contribution in [3.63, 3.8) is 0 Å². The van der Waals surface area contributed by atoms with Crippen molar-refractivity contribution in [1.29, 1.82) is 0 Å². The zero-order valence-electron chi connectivity index (χ0n) is 12.0. The van der Waals surface area contributed by atoms with Crippen molar-refractivity contribution in [2.45, 2.75) is 51.6 Å². The molecule has 0 bridgehead atoms. The van der Waals surface area contributed by atoms with Gasteiger partial charge in [-0.05, 0) is 46.1 Å². The number of nitrogens with zero attached hydrogens (tertiary/aromatic N) is 2. The molecule has 0 saturated heterocycles. The van der Waals surface area contributed by atoms with Crippen molar-refractivity contribution in [2.24, 2.45) is 11.7 Å². The van der Waals surface area contributed by atoms with E-state index in [0.29, 0.717) is 18.0 Å². The number of hydrogen-bond donors (Lipinski definition) is 2. The average molecular weight is 264 g/mol. The van der Waals surface area contributed by atoms with E-state index in [9.17, 15) is 4.79 Å². The van der Waals surface area contributed by atoms with Crippen LogP contribution >= 0.6 is 0 Å². The Morgan fingerprint density at radius 1 is 1.53 bits per heavy atom. The smallest absolute Gasteiger partial charge is 0.254 e. The number of rotatable bonds is 3. The molecule has 2 atom stereocenters. The van der Waals surface area contributed by atoms with Crippen LogP contribution in [-0.2, 0) is 5.54 Å². The lowest BCUT2D eigenvalue weighted by atomic mass is 10.0. The minimum atomic E-state index is -0.105. The maximum Gasteiger partial charge on any atom is 0.254 e. The molecule has 1 aliphatic carbocycles. The zero-order chi connectivity index (χ0) is 14.0. The Kier molecular flexibility index (Phi) is 3.94. The van der Waals surface area contributed by atoms with E-state index in [-0.39, 0.29) is 17.5 Å². The van der Waals surface area contributed by atoms with Gasteiger partial charge < -0.3 is 11.1 Å². The van der Waals surface area contributed by atoms with Gasteiger partial charge in [-0.25, -0.2) is 0 Å². The molecule has 0 spiro atoms. The fraction of sp³-hybridized carbons (Fsp3) is 0.714. The summed E-state index contributed by atoms with van der Waals surface area (Å²) in [5, 5.41) is 7.34. The molecular formula is C14H24N4O. The van der Waals surface area contributed by atoms with Gasteiger partial charge in [-0.15, -0.1) is 0 Å². The van der Waals surface area contributed by atoms with Crippen LogP contribution in [0.25, 0.3) is 0 Å². The van der Waals surface area contributed by atoms with E-state index in [4.69, 9.17) is 5.73 Å². The molecule has 5 nitrogen and oxygen atoms in total. The van der Waals surface area contributed by atoms with E-state index < -0.39 is 0 Å². The molecule has 1 fully saturated rings. The summed E-state index contributed by atoms with van der Waals surface area (Å²) >= 11 is 0. The average Bonchev–Trinajstić information content (AvgIpc) is 2.95. The third-order valence-corrected chi connectivity index (χ3v) is 3.81. The first-order valence-electron chi connectivity index (χ1n) is 6.98. The molecule has 1 aromatic heterocycles. The van der Waals surface area contributed by atoms with E-state index >= 15 is 0 Å². The maximum atomic E-state index is 12.2. The molecule has 2 unspecified atom stereocenters.